The fraction of sp³-hybridized carbons (Fsp3) is 0.120. The molecule has 7 heteroatoms. The van der Waals surface area contributed by atoms with Crippen molar-refractivity contribution in [3.05, 3.63) is 102 Å². The van der Waals surface area contributed by atoms with Gasteiger partial charge in [-0.1, -0.05) is 60.7 Å². The summed E-state index contributed by atoms with van der Waals surface area (Å²) in [6, 6.07) is 26.2. The van der Waals surface area contributed by atoms with Crippen LogP contribution in [0, 0.1) is 5.82 Å². The molecule has 4 aromatic rings. The molecule has 0 spiro atoms. The number of halogens is 1. The molecule has 0 aliphatic rings. The van der Waals surface area contributed by atoms with E-state index in [-0.39, 0.29) is 5.82 Å². The van der Waals surface area contributed by atoms with Gasteiger partial charge in [0.05, 0.1) is 11.4 Å². The van der Waals surface area contributed by atoms with E-state index in [0.717, 1.165) is 28.1 Å². The second kappa shape index (κ2) is 10.1. The smallest absolute Gasteiger partial charge is 0.213 e. The molecule has 1 aromatic heterocycles. The van der Waals surface area contributed by atoms with Gasteiger partial charge in [0.1, 0.15) is 5.82 Å². The topological polar surface area (TPSA) is 54.6 Å². The van der Waals surface area contributed by atoms with Gasteiger partial charge >= 0.3 is 0 Å². The van der Waals surface area contributed by atoms with Crippen LogP contribution in [-0.4, -0.2) is 21.4 Å². The van der Waals surface area contributed by atoms with Gasteiger partial charge in [-0.25, -0.2) is 9.07 Å². The number of aromatic nitrogens is 2. The Labute approximate surface area is 191 Å². The highest BCUT2D eigenvalue weighted by Gasteiger charge is 2.21. The first kappa shape index (κ1) is 21.5. The third-order valence-electron chi connectivity index (χ3n) is 4.86. The molecule has 5 nitrogen and oxygen atoms in total. The average Bonchev–Trinajstić information content (AvgIpc) is 3.18. The Kier molecular flexibility index (Phi) is 6.77. The van der Waals surface area contributed by atoms with E-state index in [9.17, 15) is 4.39 Å². The van der Waals surface area contributed by atoms with E-state index in [2.05, 4.69) is 15.5 Å². The van der Waals surface area contributed by atoms with Crippen molar-refractivity contribution in [2.24, 2.45) is 10.2 Å². The summed E-state index contributed by atoms with van der Waals surface area (Å²) in [5, 5.41) is 16.9. The van der Waals surface area contributed by atoms with Crippen LogP contribution in [0.25, 0.3) is 16.9 Å². The molecule has 0 saturated heterocycles. The number of thiocarbonyl (C=S) groups is 1. The maximum atomic E-state index is 13.5. The first-order chi connectivity index (χ1) is 15.7. The maximum absolute atomic E-state index is 13.5. The first-order valence-corrected chi connectivity index (χ1v) is 10.7. The summed E-state index contributed by atoms with van der Waals surface area (Å²) in [5.41, 5.74) is 4.45. The quantitative estimate of drug-likeness (QED) is 0.283. The van der Waals surface area contributed by atoms with Crippen molar-refractivity contribution in [1.29, 1.82) is 0 Å². The summed E-state index contributed by atoms with van der Waals surface area (Å²) in [5.74, 6) is 0.313. The number of hydrogen-bond acceptors (Lipinski definition) is 3. The van der Waals surface area contributed by atoms with Crippen molar-refractivity contribution in [1.82, 2.24) is 15.1 Å². The zero-order valence-corrected chi connectivity index (χ0v) is 18.4. The Morgan fingerprint density at radius 1 is 0.969 bits per heavy atom. The molecule has 160 valence electrons. The molecular formula is C25H22FN5S. The molecular weight excluding hydrogens is 421 g/mol. The van der Waals surface area contributed by atoms with Gasteiger partial charge < -0.3 is 5.32 Å². The molecule has 0 amide bonds. The molecule has 0 saturated carbocycles. The van der Waals surface area contributed by atoms with E-state index >= 15 is 0 Å². The number of nitrogens with zero attached hydrogens (tertiary/aromatic N) is 4. The summed E-state index contributed by atoms with van der Waals surface area (Å²) in [7, 11) is 0. The lowest BCUT2D eigenvalue weighted by molar-refractivity contribution is 0.627. The Bertz CT molecular complexity index is 1220. The van der Waals surface area contributed by atoms with Crippen LogP contribution in [0.1, 0.15) is 18.1 Å². The summed E-state index contributed by atoms with van der Waals surface area (Å²) < 4.78 is 15.3. The van der Waals surface area contributed by atoms with E-state index in [4.69, 9.17) is 17.3 Å². The number of rotatable bonds is 6. The van der Waals surface area contributed by atoms with Crippen LogP contribution in [0.4, 0.5) is 10.2 Å². The van der Waals surface area contributed by atoms with Crippen LogP contribution < -0.4 is 5.32 Å². The number of nitrogens with one attached hydrogen (secondary N) is 1. The second-order valence-corrected chi connectivity index (χ2v) is 7.49. The SMILES string of the molecule is CCNC(=S)N=Nc1c(Cc2ccc(F)cc2)c(-c2ccccc2)nn1-c1ccccc1. The lowest BCUT2D eigenvalue weighted by atomic mass is 10.0. The molecule has 0 atom stereocenters. The number of hydrogen-bond donors (Lipinski definition) is 1. The average molecular weight is 444 g/mol. The van der Waals surface area contributed by atoms with Gasteiger partial charge in [0, 0.05) is 24.1 Å². The summed E-state index contributed by atoms with van der Waals surface area (Å²) in [4.78, 5) is 0. The largest absolute Gasteiger partial charge is 0.360 e. The minimum absolute atomic E-state index is 0.270. The molecule has 1 N–H and O–H groups in total. The van der Waals surface area contributed by atoms with Gasteiger partial charge in [-0.2, -0.15) is 5.10 Å². The van der Waals surface area contributed by atoms with Crippen molar-refractivity contribution < 1.29 is 4.39 Å². The van der Waals surface area contributed by atoms with Crippen molar-refractivity contribution >= 4 is 23.1 Å². The molecule has 0 bridgehead atoms. The number of benzene rings is 3. The molecule has 0 unspecified atom stereocenters. The molecule has 0 aliphatic heterocycles. The van der Waals surface area contributed by atoms with Gasteiger partial charge in [0.15, 0.2) is 5.82 Å². The predicted octanol–water partition coefficient (Wildman–Crippen LogP) is 6.25. The Morgan fingerprint density at radius 2 is 1.62 bits per heavy atom. The monoisotopic (exact) mass is 443 g/mol. The Balaban J connectivity index is 1.90. The number of para-hydroxylation sites is 1. The summed E-state index contributed by atoms with van der Waals surface area (Å²) in [6.07, 6.45) is 0.514. The van der Waals surface area contributed by atoms with Crippen molar-refractivity contribution in [3.63, 3.8) is 0 Å². The van der Waals surface area contributed by atoms with Crippen LogP contribution in [-0.2, 0) is 6.42 Å². The molecule has 0 aliphatic carbocycles. The van der Waals surface area contributed by atoms with E-state index in [1.54, 1.807) is 16.8 Å². The van der Waals surface area contributed by atoms with Crippen molar-refractivity contribution in [3.8, 4) is 16.9 Å². The molecule has 3 aromatic carbocycles. The van der Waals surface area contributed by atoms with Gasteiger partial charge in [0.25, 0.3) is 0 Å². The lowest BCUT2D eigenvalue weighted by Crippen LogP contribution is -2.17. The van der Waals surface area contributed by atoms with Crippen LogP contribution >= 0.6 is 12.2 Å². The zero-order valence-electron chi connectivity index (χ0n) is 17.6. The third kappa shape index (κ3) is 4.95. The second-order valence-electron chi connectivity index (χ2n) is 7.10. The van der Waals surface area contributed by atoms with Crippen LogP contribution in [0.15, 0.2) is 95.2 Å². The van der Waals surface area contributed by atoms with Gasteiger partial charge in [-0.15, -0.1) is 10.2 Å². The van der Waals surface area contributed by atoms with Gasteiger partial charge in [-0.05, 0) is 49.0 Å². The van der Waals surface area contributed by atoms with Crippen LogP contribution in [0.5, 0.6) is 0 Å². The Morgan fingerprint density at radius 3 is 2.28 bits per heavy atom. The fourth-order valence-corrected chi connectivity index (χ4v) is 3.56. The highest BCUT2D eigenvalue weighted by atomic mass is 32.1. The predicted molar refractivity (Wildman–Crippen MR) is 129 cm³/mol. The molecule has 1 heterocycles. The van der Waals surface area contributed by atoms with E-state index < -0.39 is 0 Å². The maximum Gasteiger partial charge on any atom is 0.213 e. The van der Waals surface area contributed by atoms with E-state index in [1.807, 2.05) is 67.6 Å². The first-order valence-electron chi connectivity index (χ1n) is 10.3. The highest BCUT2D eigenvalue weighted by molar-refractivity contribution is 7.80. The number of azo groups is 1. The van der Waals surface area contributed by atoms with Crippen LogP contribution in [0.3, 0.4) is 0 Å². The molecule has 0 fully saturated rings. The van der Waals surface area contributed by atoms with Crippen LogP contribution in [0.2, 0.25) is 0 Å². The van der Waals surface area contributed by atoms with Gasteiger partial charge in [-0.3, -0.25) is 0 Å². The minimum Gasteiger partial charge on any atom is -0.360 e. The normalized spacial score (nSPS) is 11.1. The van der Waals surface area contributed by atoms with Gasteiger partial charge in [0.2, 0.25) is 5.11 Å². The van der Waals surface area contributed by atoms with E-state index in [0.29, 0.717) is 23.9 Å². The van der Waals surface area contributed by atoms with E-state index in [1.165, 1.54) is 12.1 Å². The third-order valence-corrected chi connectivity index (χ3v) is 5.09. The highest BCUT2D eigenvalue weighted by Crippen LogP contribution is 2.35. The summed E-state index contributed by atoms with van der Waals surface area (Å²) in [6.45, 7) is 2.61. The fourth-order valence-electron chi connectivity index (χ4n) is 3.37. The van der Waals surface area contributed by atoms with Crippen molar-refractivity contribution in [2.75, 3.05) is 6.54 Å². The molecule has 32 heavy (non-hydrogen) atoms. The van der Waals surface area contributed by atoms with Crippen molar-refractivity contribution in [2.45, 2.75) is 13.3 Å². The molecule has 0 radical (unpaired) electrons. The lowest BCUT2D eigenvalue weighted by Gasteiger charge is -2.06. The standard InChI is InChI=1S/C25H22FN5S/c1-2-27-25(32)29-28-24-22(17-18-13-15-20(26)16-14-18)23(19-9-5-3-6-10-19)30-31(24)21-11-7-4-8-12-21/h3-16H,2,17H2,1H3,(H,27,32). The minimum atomic E-state index is -0.270. The Hall–Kier alpha value is -3.71. The molecule has 4 rings (SSSR count). The zero-order chi connectivity index (χ0) is 22.3. The summed E-state index contributed by atoms with van der Waals surface area (Å²) >= 11 is 5.26.